The summed E-state index contributed by atoms with van der Waals surface area (Å²) in [6, 6.07) is 10.0. The number of benzene rings is 2. The van der Waals surface area contributed by atoms with Gasteiger partial charge in [0.1, 0.15) is 0 Å². The molecule has 23 heavy (non-hydrogen) atoms. The van der Waals surface area contributed by atoms with Gasteiger partial charge in [0.25, 0.3) is 5.91 Å². The molecule has 120 valence electrons. The maximum absolute atomic E-state index is 12.5. The lowest BCUT2D eigenvalue weighted by Crippen LogP contribution is -2.29. The van der Waals surface area contributed by atoms with E-state index in [4.69, 9.17) is 5.73 Å². The lowest BCUT2D eigenvalue weighted by atomic mass is 10.0. The Morgan fingerprint density at radius 1 is 1.22 bits per heavy atom. The number of amides is 2. The van der Waals surface area contributed by atoms with Gasteiger partial charge in [-0.1, -0.05) is 30.3 Å². The maximum atomic E-state index is 12.5. The number of carbonyl (C=O) groups excluding carboxylic acids is 2. The Labute approximate surface area is 133 Å². The smallest absolute Gasteiger partial charge is 0.264 e. The fraction of sp³-hybridized carbons (Fsp3) is 0.176. The van der Waals surface area contributed by atoms with Gasteiger partial charge in [-0.3, -0.25) is 14.5 Å². The zero-order valence-electron chi connectivity index (χ0n) is 12.7. The van der Waals surface area contributed by atoms with Gasteiger partial charge in [-0.25, -0.2) is 0 Å². The quantitative estimate of drug-likeness (QED) is 0.575. The van der Waals surface area contributed by atoms with Gasteiger partial charge in [-0.15, -0.1) is 0 Å². The molecular formula is C17H18N2O4. The number of phenols is 2. The number of nitrogens with zero attached hydrogens (tertiary/aromatic N) is 1. The summed E-state index contributed by atoms with van der Waals surface area (Å²) in [6.45, 7) is 2.02. The second-order valence-electron chi connectivity index (χ2n) is 5.19. The van der Waals surface area contributed by atoms with Crippen molar-refractivity contribution in [1.82, 2.24) is 4.90 Å². The molecule has 0 heterocycles. The van der Waals surface area contributed by atoms with Crippen molar-refractivity contribution < 1.29 is 19.8 Å². The number of aryl methyl sites for hydroxylation is 1. The molecule has 0 bridgehead atoms. The van der Waals surface area contributed by atoms with E-state index in [0.29, 0.717) is 18.5 Å². The van der Waals surface area contributed by atoms with E-state index >= 15 is 0 Å². The fourth-order valence-electron chi connectivity index (χ4n) is 2.30. The third-order valence-electron chi connectivity index (χ3n) is 3.55. The van der Waals surface area contributed by atoms with Crippen LogP contribution in [0.25, 0.3) is 0 Å². The molecule has 0 radical (unpaired) electrons. The van der Waals surface area contributed by atoms with Crippen LogP contribution in [0.3, 0.4) is 0 Å². The van der Waals surface area contributed by atoms with Crippen LogP contribution in [0.1, 0.15) is 27.0 Å². The van der Waals surface area contributed by atoms with Gasteiger partial charge >= 0.3 is 0 Å². The molecule has 0 aliphatic heterocycles. The van der Waals surface area contributed by atoms with Crippen LogP contribution in [0.5, 0.6) is 11.5 Å². The van der Waals surface area contributed by atoms with Crippen LogP contribution in [0.2, 0.25) is 0 Å². The van der Waals surface area contributed by atoms with Crippen LogP contribution < -0.4 is 5.73 Å². The molecule has 0 aromatic heterocycles. The highest BCUT2D eigenvalue weighted by molar-refractivity contribution is 6.03. The molecule has 0 unspecified atom stereocenters. The van der Waals surface area contributed by atoms with Gasteiger partial charge in [0.15, 0.2) is 11.5 Å². The van der Waals surface area contributed by atoms with Crippen molar-refractivity contribution in [2.24, 2.45) is 5.73 Å². The Balaban J connectivity index is 2.32. The molecule has 0 spiro atoms. The van der Waals surface area contributed by atoms with Crippen molar-refractivity contribution in [2.75, 3.05) is 0 Å². The van der Waals surface area contributed by atoms with E-state index in [1.54, 1.807) is 25.1 Å². The third kappa shape index (κ3) is 3.49. The van der Waals surface area contributed by atoms with Crippen LogP contribution in [-0.4, -0.2) is 27.4 Å². The molecule has 2 aromatic rings. The molecule has 2 aromatic carbocycles. The minimum atomic E-state index is -0.677. The van der Waals surface area contributed by atoms with Crippen LogP contribution in [0.15, 0.2) is 36.4 Å². The minimum absolute atomic E-state index is 0.0463. The van der Waals surface area contributed by atoms with Gasteiger partial charge in [0, 0.05) is 6.54 Å². The van der Waals surface area contributed by atoms with Gasteiger partial charge in [-0.05, 0) is 29.7 Å². The number of carbonyl (C=O) groups is 2. The number of hydrogen-bond donors (Lipinski definition) is 3. The summed E-state index contributed by atoms with van der Waals surface area (Å²) in [5.41, 5.74) is 7.58. The van der Waals surface area contributed by atoms with Crippen molar-refractivity contribution in [3.63, 3.8) is 0 Å². The number of imide groups is 1. The Bertz CT molecular complexity index is 743. The molecule has 0 aliphatic carbocycles. The molecule has 4 N–H and O–H groups in total. The first-order valence-electron chi connectivity index (χ1n) is 7.03. The normalized spacial score (nSPS) is 10.3. The van der Waals surface area contributed by atoms with E-state index in [9.17, 15) is 19.8 Å². The average Bonchev–Trinajstić information content (AvgIpc) is 2.56. The Morgan fingerprint density at radius 2 is 1.91 bits per heavy atom. The summed E-state index contributed by atoms with van der Waals surface area (Å²) >= 11 is 0. The van der Waals surface area contributed by atoms with Crippen LogP contribution in [0, 0.1) is 6.92 Å². The first-order valence-corrected chi connectivity index (χ1v) is 7.03. The van der Waals surface area contributed by atoms with Crippen LogP contribution in [0.4, 0.5) is 0 Å². The second kappa shape index (κ2) is 6.93. The van der Waals surface area contributed by atoms with Crippen molar-refractivity contribution in [2.45, 2.75) is 20.0 Å². The minimum Gasteiger partial charge on any atom is -0.504 e. The van der Waals surface area contributed by atoms with Gasteiger partial charge in [0.2, 0.25) is 6.41 Å². The molecule has 0 saturated carbocycles. The number of aromatic hydroxyl groups is 2. The maximum Gasteiger partial charge on any atom is 0.264 e. The van der Waals surface area contributed by atoms with Crippen molar-refractivity contribution in [3.8, 4) is 11.5 Å². The largest absolute Gasteiger partial charge is 0.504 e. The Hall–Kier alpha value is -2.86. The fourth-order valence-corrected chi connectivity index (χ4v) is 2.30. The highest BCUT2D eigenvalue weighted by Gasteiger charge is 2.23. The zero-order chi connectivity index (χ0) is 17.0. The lowest BCUT2D eigenvalue weighted by molar-refractivity contribution is -0.116. The lowest BCUT2D eigenvalue weighted by Gasteiger charge is -2.18. The number of nitrogens with two attached hydrogens (primary N) is 1. The summed E-state index contributed by atoms with van der Waals surface area (Å²) in [6.07, 6.45) is 0.403. The Morgan fingerprint density at radius 3 is 2.57 bits per heavy atom. The third-order valence-corrected chi connectivity index (χ3v) is 3.55. The van der Waals surface area contributed by atoms with E-state index in [2.05, 4.69) is 0 Å². The number of hydrogen-bond acceptors (Lipinski definition) is 5. The molecule has 6 heteroatoms. The summed E-state index contributed by atoms with van der Waals surface area (Å²) in [4.78, 5) is 24.8. The molecular weight excluding hydrogens is 296 g/mol. The standard InChI is InChI=1S/C17H18N2O4/c1-11-5-6-14(21)16(22)15(11)17(23)19(10-20)9-13-4-2-3-12(7-13)8-18/h2-7,10,21-22H,8-9,18H2,1H3. The molecule has 0 aliphatic rings. The van der Waals surface area contributed by atoms with Crippen LogP contribution in [-0.2, 0) is 17.9 Å². The van der Waals surface area contributed by atoms with E-state index < -0.39 is 17.4 Å². The summed E-state index contributed by atoms with van der Waals surface area (Å²) in [7, 11) is 0. The predicted molar refractivity (Wildman–Crippen MR) is 84.8 cm³/mol. The van der Waals surface area contributed by atoms with Crippen LogP contribution >= 0.6 is 0 Å². The van der Waals surface area contributed by atoms with E-state index in [0.717, 1.165) is 16.0 Å². The summed E-state index contributed by atoms with van der Waals surface area (Å²) < 4.78 is 0. The molecule has 2 rings (SSSR count). The monoisotopic (exact) mass is 314 g/mol. The number of phenolic OH excluding ortho intramolecular Hbond substituents is 2. The summed E-state index contributed by atoms with van der Waals surface area (Å²) in [5, 5.41) is 19.5. The highest BCUT2D eigenvalue weighted by atomic mass is 16.3. The molecule has 0 saturated heterocycles. The van der Waals surface area contributed by atoms with Gasteiger partial charge < -0.3 is 15.9 Å². The first kappa shape index (κ1) is 16.5. The van der Waals surface area contributed by atoms with Gasteiger partial charge in [0.05, 0.1) is 12.1 Å². The number of rotatable bonds is 5. The highest BCUT2D eigenvalue weighted by Crippen LogP contribution is 2.32. The predicted octanol–water partition coefficient (Wildman–Crippen LogP) is 1.66. The van der Waals surface area contributed by atoms with E-state index in [1.807, 2.05) is 6.07 Å². The van der Waals surface area contributed by atoms with Crippen molar-refractivity contribution in [3.05, 3.63) is 58.7 Å². The van der Waals surface area contributed by atoms with Crippen molar-refractivity contribution in [1.29, 1.82) is 0 Å². The van der Waals surface area contributed by atoms with E-state index in [-0.39, 0.29) is 12.1 Å². The SMILES string of the molecule is Cc1ccc(O)c(O)c1C(=O)N(C=O)Cc1cccc(CN)c1. The molecule has 2 amide bonds. The molecule has 0 atom stereocenters. The topological polar surface area (TPSA) is 104 Å². The summed E-state index contributed by atoms with van der Waals surface area (Å²) in [5.74, 6) is -1.61. The van der Waals surface area contributed by atoms with Gasteiger partial charge in [-0.2, -0.15) is 0 Å². The first-order chi connectivity index (χ1) is 11.0. The molecule has 0 fully saturated rings. The second-order valence-corrected chi connectivity index (χ2v) is 5.19. The average molecular weight is 314 g/mol. The Kier molecular flexibility index (Phi) is 4.98. The zero-order valence-corrected chi connectivity index (χ0v) is 12.7. The van der Waals surface area contributed by atoms with E-state index in [1.165, 1.54) is 12.1 Å². The molecule has 6 nitrogen and oxygen atoms in total. The van der Waals surface area contributed by atoms with Crippen molar-refractivity contribution >= 4 is 12.3 Å².